The standard InChI is InChI=1S/C4H3N2O/c7-4-1-2-5-3-6-4/h1-2H,(H,5,6,7)/q-1. The lowest BCUT2D eigenvalue weighted by molar-refractivity contribution is 1.10. The third-order valence-corrected chi connectivity index (χ3v) is 0.544. The first-order valence-corrected chi connectivity index (χ1v) is 1.81. The first-order valence-electron chi connectivity index (χ1n) is 1.81. The van der Waals surface area contributed by atoms with E-state index in [4.69, 9.17) is 0 Å². The zero-order valence-corrected chi connectivity index (χ0v) is 3.51. The Hall–Kier alpha value is -1.12. The molecule has 0 saturated heterocycles. The van der Waals surface area contributed by atoms with Crippen molar-refractivity contribution in [1.82, 2.24) is 9.97 Å². The van der Waals surface area contributed by atoms with E-state index in [0.717, 1.165) is 0 Å². The fourth-order valence-electron chi connectivity index (χ4n) is 0.271. The summed E-state index contributed by atoms with van der Waals surface area (Å²) in [6.07, 6.45) is 3.66. The Balaban J connectivity index is 3.28. The van der Waals surface area contributed by atoms with Crippen LogP contribution in [0.15, 0.2) is 17.1 Å². The van der Waals surface area contributed by atoms with Crippen LogP contribution in [0.4, 0.5) is 0 Å². The zero-order valence-electron chi connectivity index (χ0n) is 3.51. The highest BCUT2D eigenvalue weighted by molar-refractivity contribution is 4.75. The average molecular weight is 95.1 g/mol. The number of hydrogen-bond acceptors (Lipinski definition) is 2. The lowest BCUT2D eigenvalue weighted by atomic mass is 10.7. The molecule has 1 aromatic heterocycles. The number of aromatic amines is 1. The van der Waals surface area contributed by atoms with Crippen molar-refractivity contribution in [3.8, 4) is 0 Å². The van der Waals surface area contributed by atoms with Gasteiger partial charge in [0.05, 0.1) is 0 Å². The van der Waals surface area contributed by atoms with Crippen LogP contribution >= 0.6 is 0 Å². The molecule has 3 heteroatoms. The molecule has 1 heterocycles. The lowest BCUT2D eigenvalue weighted by Crippen LogP contribution is -2.01. The summed E-state index contributed by atoms with van der Waals surface area (Å²) >= 11 is 0. The normalized spacial score (nSPS) is 8.57. The molecular formula is C4H3N2O-. The van der Waals surface area contributed by atoms with Crippen LogP contribution in [0.5, 0.6) is 0 Å². The fraction of sp³-hybridized carbons (Fsp3) is 0. The Labute approximate surface area is 40.0 Å². The summed E-state index contributed by atoms with van der Waals surface area (Å²) in [6.45, 7) is 0. The molecule has 7 heavy (non-hydrogen) atoms. The van der Waals surface area contributed by atoms with E-state index in [-0.39, 0.29) is 5.56 Å². The largest absolute Gasteiger partial charge is 0.421 e. The number of hydrogen-bond donors (Lipinski definition) is 1. The Kier molecular flexibility index (Phi) is 0.898. The second-order valence-electron chi connectivity index (χ2n) is 1.05. The van der Waals surface area contributed by atoms with Gasteiger partial charge in [0, 0.05) is 6.33 Å². The van der Waals surface area contributed by atoms with Crippen LogP contribution in [-0.2, 0) is 0 Å². The van der Waals surface area contributed by atoms with Crippen molar-refractivity contribution in [2.45, 2.75) is 0 Å². The number of aromatic nitrogens is 2. The highest BCUT2D eigenvalue weighted by atomic mass is 16.1. The summed E-state index contributed by atoms with van der Waals surface area (Å²) in [7, 11) is 0. The predicted molar refractivity (Wildman–Crippen MR) is 23.7 cm³/mol. The van der Waals surface area contributed by atoms with Crippen LogP contribution < -0.4 is 5.56 Å². The first kappa shape index (κ1) is 4.05. The van der Waals surface area contributed by atoms with E-state index in [1.807, 2.05) is 0 Å². The second-order valence-corrected chi connectivity index (χ2v) is 1.05. The Morgan fingerprint density at radius 1 is 1.86 bits per heavy atom. The molecule has 3 nitrogen and oxygen atoms in total. The van der Waals surface area contributed by atoms with Crippen molar-refractivity contribution >= 4 is 0 Å². The van der Waals surface area contributed by atoms with Gasteiger partial charge in [0.25, 0.3) is 0 Å². The van der Waals surface area contributed by atoms with E-state index in [1.165, 1.54) is 12.3 Å². The minimum Gasteiger partial charge on any atom is -0.421 e. The summed E-state index contributed by atoms with van der Waals surface area (Å²) in [6, 6.07) is 1.33. The summed E-state index contributed by atoms with van der Waals surface area (Å²) in [5.41, 5.74) is -0.171. The molecular weight excluding hydrogens is 92.1 g/mol. The molecule has 0 unspecified atom stereocenters. The number of nitrogens with zero attached hydrogens (tertiary/aromatic N) is 1. The topological polar surface area (TPSA) is 45.8 Å². The zero-order chi connectivity index (χ0) is 5.11. The molecule has 0 aliphatic rings. The van der Waals surface area contributed by atoms with E-state index in [0.29, 0.717) is 0 Å². The molecule has 0 fully saturated rings. The van der Waals surface area contributed by atoms with Crippen LogP contribution in [0.1, 0.15) is 0 Å². The van der Waals surface area contributed by atoms with Crippen LogP contribution in [0.2, 0.25) is 0 Å². The molecule has 0 aliphatic carbocycles. The van der Waals surface area contributed by atoms with E-state index >= 15 is 0 Å². The smallest absolute Gasteiger partial charge is 0.136 e. The van der Waals surface area contributed by atoms with Gasteiger partial charge in [0.2, 0.25) is 0 Å². The molecule has 1 aromatic rings. The van der Waals surface area contributed by atoms with Crippen LogP contribution in [0.3, 0.4) is 0 Å². The van der Waals surface area contributed by atoms with Crippen LogP contribution in [0.25, 0.3) is 0 Å². The van der Waals surface area contributed by atoms with Crippen molar-refractivity contribution in [1.29, 1.82) is 0 Å². The Morgan fingerprint density at radius 2 is 2.71 bits per heavy atom. The van der Waals surface area contributed by atoms with E-state index in [1.54, 1.807) is 0 Å². The monoisotopic (exact) mass is 95.0 g/mol. The molecule has 0 atom stereocenters. The average Bonchev–Trinajstić information content (AvgIpc) is 1.69. The minimum atomic E-state index is -0.171. The van der Waals surface area contributed by atoms with Gasteiger partial charge in [-0.2, -0.15) is 0 Å². The number of rotatable bonds is 0. The molecule has 0 aromatic carbocycles. The van der Waals surface area contributed by atoms with Crippen molar-refractivity contribution < 1.29 is 0 Å². The van der Waals surface area contributed by atoms with Crippen molar-refractivity contribution in [3.63, 3.8) is 0 Å². The summed E-state index contributed by atoms with van der Waals surface area (Å²) in [4.78, 5) is 15.8. The molecule has 0 spiro atoms. The van der Waals surface area contributed by atoms with Gasteiger partial charge in [-0.05, 0) is 0 Å². The first-order chi connectivity index (χ1) is 3.39. The Morgan fingerprint density at radius 3 is 3.00 bits per heavy atom. The lowest BCUT2D eigenvalue weighted by Gasteiger charge is -1.84. The molecule has 0 amide bonds. The molecule has 0 saturated carbocycles. The van der Waals surface area contributed by atoms with E-state index in [2.05, 4.69) is 16.3 Å². The molecule has 0 bridgehead atoms. The van der Waals surface area contributed by atoms with Crippen molar-refractivity contribution in [2.24, 2.45) is 0 Å². The predicted octanol–water partition coefficient (Wildman–Crippen LogP) is -0.430. The van der Waals surface area contributed by atoms with Crippen molar-refractivity contribution in [3.05, 3.63) is 28.9 Å². The molecule has 0 aliphatic heterocycles. The van der Waals surface area contributed by atoms with Gasteiger partial charge in [-0.25, -0.2) is 0 Å². The molecule has 1 N–H and O–H groups in total. The summed E-state index contributed by atoms with van der Waals surface area (Å²) < 4.78 is 0. The summed E-state index contributed by atoms with van der Waals surface area (Å²) in [5, 5.41) is 0. The van der Waals surface area contributed by atoms with Crippen molar-refractivity contribution in [2.75, 3.05) is 0 Å². The van der Waals surface area contributed by atoms with E-state index < -0.39 is 0 Å². The van der Waals surface area contributed by atoms with Gasteiger partial charge in [-0.15, -0.1) is 0 Å². The van der Waals surface area contributed by atoms with Crippen LogP contribution in [-0.4, -0.2) is 9.97 Å². The minimum absolute atomic E-state index is 0.171. The molecule has 36 valence electrons. The Bertz CT molecular complexity index is 175. The second kappa shape index (κ2) is 1.55. The molecule has 0 radical (unpaired) electrons. The highest BCUT2D eigenvalue weighted by Gasteiger charge is 1.59. The third kappa shape index (κ3) is 0.855. The maximum Gasteiger partial charge on any atom is 0.136 e. The highest BCUT2D eigenvalue weighted by Crippen LogP contribution is 1.56. The molecule has 1 rings (SSSR count). The maximum absolute atomic E-state index is 10.1. The van der Waals surface area contributed by atoms with Gasteiger partial charge in [-0.3, -0.25) is 0 Å². The maximum atomic E-state index is 10.1. The number of nitrogens with one attached hydrogen (secondary N) is 1. The van der Waals surface area contributed by atoms with Gasteiger partial charge in [0.1, 0.15) is 5.56 Å². The van der Waals surface area contributed by atoms with Gasteiger partial charge >= 0.3 is 0 Å². The van der Waals surface area contributed by atoms with Gasteiger partial charge < -0.3 is 14.8 Å². The quantitative estimate of drug-likeness (QED) is 0.444. The summed E-state index contributed by atoms with van der Waals surface area (Å²) in [5.74, 6) is 0. The third-order valence-electron chi connectivity index (χ3n) is 0.544. The van der Waals surface area contributed by atoms with Crippen LogP contribution in [0, 0.1) is 6.33 Å². The fourth-order valence-corrected chi connectivity index (χ4v) is 0.271. The van der Waals surface area contributed by atoms with Gasteiger partial charge in [0.15, 0.2) is 0 Å². The van der Waals surface area contributed by atoms with Gasteiger partial charge in [-0.1, -0.05) is 12.3 Å². The van der Waals surface area contributed by atoms with E-state index in [9.17, 15) is 4.79 Å². The number of H-pyrrole nitrogens is 1. The SMILES string of the molecule is O=c1ccn[c-][nH]1.